The molecule has 3 aromatic rings. The third-order valence-electron chi connectivity index (χ3n) is 8.85. The summed E-state index contributed by atoms with van der Waals surface area (Å²) >= 11 is 0. The average Bonchev–Trinajstić information content (AvgIpc) is 3.09. The van der Waals surface area contributed by atoms with Gasteiger partial charge in [-0.1, -0.05) is 91.0 Å². The molecule has 48 heavy (non-hydrogen) atoms. The number of nitrogens with one attached hydrogen (secondary N) is 3. The normalized spacial score (nSPS) is 24.1. The van der Waals surface area contributed by atoms with Crippen molar-refractivity contribution in [3.63, 3.8) is 0 Å². The molecular weight excluding hydrogens is 618 g/mol. The Balaban J connectivity index is 1.56. The Kier molecular flexibility index (Phi) is 12.4. The molecule has 0 bridgehead atoms. The summed E-state index contributed by atoms with van der Waals surface area (Å²) in [5.41, 5.74) is 5.77. The molecule has 258 valence electrons. The number of rotatable bonds is 15. The molecule has 1 aliphatic carbocycles. The van der Waals surface area contributed by atoms with Gasteiger partial charge in [0.05, 0.1) is 54.2 Å². The maximum absolute atomic E-state index is 13.8. The minimum absolute atomic E-state index is 0.0507. The first-order valence-corrected chi connectivity index (χ1v) is 15.8. The molecular formula is C36H45N3O9. The summed E-state index contributed by atoms with van der Waals surface area (Å²) in [6.45, 7) is 3.73. The smallest absolute Gasteiger partial charge is 0.330 e. The Labute approximate surface area is 280 Å². The van der Waals surface area contributed by atoms with Crippen LogP contribution in [-0.2, 0) is 28.9 Å². The van der Waals surface area contributed by atoms with E-state index in [1.807, 2.05) is 18.2 Å². The van der Waals surface area contributed by atoms with Gasteiger partial charge >= 0.3 is 17.9 Å². The number of hydrogen-bond donors (Lipinski definition) is 6. The molecule has 12 heteroatoms. The number of benzene rings is 3. The van der Waals surface area contributed by atoms with E-state index in [0.29, 0.717) is 16.7 Å². The van der Waals surface area contributed by atoms with Gasteiger partial charge in [-0.25, -0.2) is 14.4 Å². The summed E-state index contributed by atoms with van der Waals surface area (Å²) in [5, 5.41) is 29.9. The van der Waals surface area contributed by atoms with Crippen molar-refractivity contribution in [3.8, 4) is 0 Å². The molecule has 3 atom stereocenters. The topological polar surface area (TPSA) is 176 Å². The third kappa shape index (κ3) is 8.84. The molecule has 0 spiro atoms. The van der Waals surface area contributed by atoms with Gasteiger partial charge in [0.2, 0.25) is 0 Å². The highest BCUT2D eigenvalue weighted by molar-refractivity contribution is 5.85. The van der Waals surface area contributed by atoms with E-state index >= 15 is 0 Å². The minimum Gasteiger partial charge on any atom is -0.394 e. The molecule has 0 unspecified atom stereocenters. The largest absolute Gasteiger partial charge is 0.394 e. The first kappa shape index (κ1) is 36.7. The van der Waals surface area contributed by atoms with Crippen LogP contribution in [0.25, 0.3) is 0 Å². The fourth-order valence-corrected chi connectivity index (χ4v) is 6.64. The van der Waals surface area contributed by atoms with Crippen molar-refractivity contribution >= 4 is 17.9 Å². The molecule has 0 amide bonds. The molecule has 0 radical (unpaired) electrons. The average molecular weight is 664 g/mol. The fourth-order valence-electron chi connectivity index (χ4n) is 6.64. The van der Waals surface area contributed by atoms with Crippen LogP contribution in [0.4, 0.5) is 0 Å². The van der Waals surface area contributed by atoms with Crippen molar-refractivity contribution in [2.45, 2.75) is 58.2 Å². The van der Waals surface area contributed by atoms with Crippen LogP contribution in [0.2, 0.25) is 0 Å². The lowest BCUT2D eigenvalue weighted by Gasteiger charge is -2.48. The molecule has 6 N–H and O–H groups in total. The van der Waals surface area contributed by atoms with E-state index < -0.39 is 52.3 Å². The van der Waals surface area contributed by atoms with Gasteiger partial charge in [-0.05, 0) is 56.7 Å². The van der Waals surface area contributed by atoms with Crippen molar-refractivity contribution in [2.75, 3.05) is 19.8 Å². The molecule has 1 aliphatic rings. The molecule has 1 fully saturated rings. The summed E-state index contributed by atoms with van der Waals surface area (Å²) < 4.78 is 0. The van der Waals surface area contributed by atoms with Gasteiger partial charge in [0.25, 0.3) is 0 Å². The van der Waals surface area contributed by atoms with Crippen LogP contribution < -0.4 is 16.4 Å². The second kappa shape index (κ2) is 16.3. The Morgan fingerprint density at radius 2 is 0.750 bits per heavy atom. The van der Waals surface area contributed by atoms with Crippen molar-refractivity contribution in [1.82, 2.24) is 16.4 Å². The Hall–Kier alpha value is -4.17. The van der Waals surface area contributed by atoms with E-state index in [0.717, 1.165) is 0 Å². The van der Waals surface area contributed by atoms with Crippen LogP contribution in [0, 0.1) is 16.2 Å². The van der Waals surface area contributed by atoms with Crippen molar-refractivity contribution in [2.24, 2.45) is 16.2 Å². The highest BCUT2D eigenvalue weighted by atomic mass is 16.7. The Bertz CT molecular complexity index is 1300. The van der Waals surface area contributed by atoms with Gasteiger partial charge < -0.3 is 29.8 Å². The van der Waals surface area contributed by atoms with E-state index in [2.05, 4.69) is 16.4 Å². The maximum Gasteiger partial charge on any atom is 0.330 e. The van der Waals surface area contributed by atoms with Crippen LogP contribution in [0.5, 0.6) is 0 Å². The zero-order chi connectivity index (χ0) is 34.8. The van der Waals surface area contributed by atoms with Gasteiger partial charge in [-0.2, -0.15) is 0 Å². The number of hydroxylamine groups is 3. The second-order valence-electron chi connectivity index (χ2n) is 13.2. The summed E-state index contributed by atoms with van der Waals surface area (Å²) in [6.07, 6.45) is -0.152. The zero-order valence-corrected chi connectivity index (χ0v) is 27.4. The van der Waals surface area contributed by atoms with Crippen molar-refractivity contribution < 1.29 is 44.2 Å². The lowest BCUT2D eigenvalue weighted by atomic mass is 9.54. The molecule has 12 nitrogen and oxygen atoms in total. The SMILES string of the molecule is CC1(C(=O)ON[C@@H](CO)c2ccccc2)CC(C)(C(=O)ON[C@@H](CO)c2ccccc2)CC(C)(C(=O)ON[C@@H](CO)c2ccccc2)C1. The summed E-state index contributed by atoms with van der Waals surface area (Å²) in [6, 6.07) is 24.7. The van der Waals surface area contributed by atoms with Crippen molar-refractivity contribution in [3.05, 3.63) is 108 Å². The zero-order valence-electron chi connectivity index (χ0n) is 27.4. The standard InChI is InChI=1S/C36H45N3O9/c1-34(31(43)46-37-28(19-40)25-13-7-4-8-14-25)22-35(2,32(44)47-38-29(20-41)26-15-9-5-10-16-26)24-36(3,23-34)33(45)48-39-30(21-42)27-17-11-6-12-18-27/h4-18,28-30,37-42H,19-24H2,1-3H3/t28-,29-,30-,34?,35?,36?/m0/s1. The lowest BCUT2D eigenvalue weighted by Crippen LogP contribution is -2.54. The monoisotopic (exact) mass is 663 g/mol. The molecule has 0 aromatic heterocycles. The van der Waals surface area contributed by atoms with E-state index in [9.17, 15) is 29.7 Å². The molecule has 3 aromatic carbocycles. The highest BCUT2D eigenvalue weighted by Gasteiger charge is 2.60. The summed E-state index contributed by atoms with van der Waals surface area (Å²) in [5.74, 6) is -2.23. The third-order valence-corrected chi connectivity index (χ3v) is 8.85. The maximum atomic E-state index is 13.8. The highest BCUT2D eigenvalue weighted by Crippen LogP contribution is 2.55. The molecule has 0 heterocycles. The summed E-state index contributed by atoms with van der Waals surface area (Å²) in [7, 11) is 0. The van der Waals surface area contributed by atoms with E-state index in [1.165, 1.54) is 0 Å². The predicted molar refractivity (Wildman–Crippen MR) is 175 cm³/mol. The number of hydrogen-bond acceptors (Lipinski definition) is 12. The van der Waals surface area contributed by atoms with Crippen LogP contribution in [0.1, 0.15) is 74.8 Å². The van der Waals surface area contributed by atoms with Crippen LogP contribution in [-0.4, -0.2) is 53.0 Å². The van der Waals surface area contributed by atoms with E-state index in [-0.39, 0.29) is 39.1 Å². The molecule has 0 saturated heterocycles. The number of carbonyl (C=O) groups is 3. The number of aliphatic hydroxyl groups excluding tert-OH is 3. The first-order valence-electron chi connectivity index (χ1n) is 15.8. The predicted octanol–water partition coefficient (Wildman–Crippen LogP) is 3.53. The van der Waals surface area contributed by atoms with E-state index in [1.54, 1.807) is 93.6 Å². The van der Waals surface area contributed by atoms with Gasteiger partial charge in [-0.15, -0.1) is 16.4 Å². The lowest BCUT2D eigenvalue weighted by molar-refractivity contribution is -0.193. The van der Waals surface area contributed by atoms with Gasteiger partial charge in [0.15, 0.2) is 0 Å². The number of aliphatic hydroxyl groups is 3. The fraction of sp³-hybridized carbons (Fsp3) is 0.417. The molecule has 4 rings (SSSR count). The molecule has 0 aliphatic heterocycles. The Morgan fingerprint density at radius 1 is 0.521 bits per heavy atom. The van der Waals surface area contributed by atoms with Crippen molar-refractivity contribution in [1.29, 1.82) is 0 Å². The van der Waals surface area contributed by atoms with Crippen LogP contribution in [0.3, 0.4) is 0 Å². The summed E-state index contributed by atoms with van der Waals surface area (Å²) in [4.78, 5) is 58.1. The van der Waals surface area contributed by atoms with Gasteiger partial charge in [0, 0.05) is 0 Å². The first-order chi connectivity index (χ1) is 23.0. The quantitative estimate of drug-likeness (QED) is 0.103. The number of carbonyl (C=O) groups excluding carboxylic acids is 3. The van der Waals surface area contributed by atoms with Gasteiger partial charge in [-0.3, -0.25) is 0 Å². The second-order valence-corrected chi connectivity index (χ2v) is 13.2. The van der Waals surface area contributed by atoms with Gasteiger partial charge in [0.1, 0.15) is 0 Å². The Morgan fingerprint density at radius 3 is 0.958 bits per heavy atom. The van der Waals surface area contributed by atoms with Crippen LogP contribution >= 0.6 is 0 Å². The van der Waals surface area contributed by atoms with Crippen LogP contribution in [0.15, 0.2) is 91.0 Å². The molecule has 1 saturated carbocycles. The van der Waals surface area contributed by atoms with E-state index in [4.69, 9.17) is 14.5 Å². The minimum atomic E-state index is -1.41.